The second kappa shape index (κ2) is 8.29. The third kappa shape index (κ3) is 4.05. The SMILES string of the molecule is N#CCCN1CCC[C@@H]1Cc1c[nH]c2ccc(Nc3ncccc3[N+](=O)[O-])cc12. The predicted molar refractivity (Wildman–Crippen MR) is 111 cm³/mol. The lowest BCUT2D eigenvalue weighted by Gasteiger charge is -2.23. The zero-order chi connectivity index (χ0) is 20.2. The first-order valence-corrected chi connectivity index (χ1v) is 9.73. The standard InChI is InChI=1S/C21H22N6O2/c22-8-3-11-26-10-2-4-17(26)12-15-14-24-19-7-6-16(13-18(15)19)25-21-20(27(28)29)5-1-9-23-21/h1,5-7,9,13-14,17,24H,2-4,10-12H2,(H,23,25)/t17-/m1/s1. The number of nitrogens with one attached hydrogen (secondary N) is 2. The van der Waals surface area contributed by atoms with Crippen LogP contribution in [0.25, 0.3) is 10.9 Å². The van der Waals surface area contributed by atoms with Gasteiger partial charge in [0.25, 0.3) is 0 Å². The summed E-state index contributed by atoms with van der Waals surface area (Å²) in [6.07, 6.45) is 7.34. The molecule has 3 aromatic rings. The van der Waals surface area contributed by atoms with Crippen molar-refractivity contribution in [3.8, 4) is 6.07 Å². The van der Waals surface area contributed by atoms with Gasteiger partial charge >= 0.3 is 5.69 Å². The number of anilines is 2. The molecule has 1 fully saturated rings. The summed E-state index contributed by atoms with van der Waals surface area (Å²) in [4.78, 5) is 20.6. The molecule has 148 valence electrons. The first kappa shape index (κ1) is 18.9. The number of pyridine rings is 1. The van der Waals surface area contributed by atoms with Gasteiger partial charge in [-0.3, -0.25) is 15.0 Å². The highest BCUT2D eigenvalue weighted by molar-refractivity contribution is 5.87. The van der Waals surface area contributed by atoms with Gasteiger partial charge in [0.15, 0.2) is 0 Å². The average Bonchev–Trinajstić information content (AvgIpc) is 3.34. The molecule has 2 N–H and O–H groups in total. The molecule has 3 heterocycles. The molecule has 0 aliphatic carbocycles. The molecule has 8 nitrogen and oxygen atoms in total. The summed E-state index contributed by atoms with van der Waals surface area (Å²) in [5, 5.41) is 24.3. The van der Waals surface area contributed by atoms with E-state index in [4.69, 9.17) is 5.26 Å². The summed E-state index contributed by atoms with van der Waals surface area (Å²) in [6.45, 7) is 1.87. The molecule has 0 bridgehead atoms. The largest absolute Gasteiger partial charge is 0.361 e. The maximum absolute atomic E-state index is 11.2. The molecule has 0 spiro atoms. The van der Waals surface area contributed by atoms with Crippen molar-refractivity contribution in [3.63, 3.8) is 0 Å². The molecule has 1 aliphatic rings. The van der Waals surface area contributed by atoms with Gasteiger partial charge in [-0.05, 0) is 55.6 Å². The molecule has 29 heavy (non-hydrogen) atoms. The highest BCUT2D eigenvalue weighted by Gasteiger charge is 2.25. The molecule has 2 aromatic heterocycles. The van der Waals surface area contributed by atoms with Crippen molar-refractivity contribution in [2.45, 2.75) is 31.7 Å². The summed E-state index contributed by atoms with van der Waals surface area (Å²) < 4.78 is 0. The number of aromatic amines is 1. The Bertz CT molecular complexity index is 1070. The van der Waals surface area contributed by atoms with Gasteiger partial charge in [-0.25, -0.2) is 4.98 Å². The van der Waals surface area contributed by atoms with Gasteiger partial charge in [0, 0.05) is 54.1 Å². The summed E-state index contributed by atoms with van der Waals surface area (Å²) in [6, 6.07) is 11.5. The van der Waals surface area contributed by atoms with Crippen LogP contribution in [0.15, 0.2) is 42.7 Å². The Morgan fingerprint density at radius 1 is 1.41 bits per heavy atom. The van der Waals surface area contributed by atoms with Gasteiger partial charge in [0.1, 0.15) is 0 Å². The second-order valence-corrected chi connectivity index (χ2v) is 7.27. The fourth-order valence-electron chi connectivity index (χ4n) is 4.07. The summed E-state index contributed by atoms with van der Waals surface area (Å²) in [7, 11) is 0. The zero-order valence-corrected chi connectivity index (χ0v) is 16.0. The Labute approximate surface area is 168 Å². The number of hydrogen-bond acceptors (Lipinski definition) is 6. The van der Waals surface area contributed by atoms with E-state index in [1.54, 1.807) is 6.07 Å². The molecule has 1 aliphatic heterocycles. The third-order valence-corrected chi connectivity index (χ3v) is 5.48. The van der Waals surface area contributed by atoms with E-state index in [1.165, 1.54) is 17.8 Å². The van der Waals surface area contributed by atoms with E-state index in [-0.39, 0.29) is 11.5 Å². The highest BCUT2D eigenvalue weighted by Crippen LogP contribution is 2.30. The number of likely N-dealkylation sites (tertiary alicyclic amines) is 1. The van der Waals surface area contributed by atoms with Crippen LogP contribution in [0.5, 0.6) is 0 Å². The Balaban J connectivity index is 1.57. The number of nitriles is 1. The van der Waals surface area contributed by atoms with Gasteiger partial charge in [0.2, 0.25) is 5.82 Å². The zero-order valence-electron chi connectivity index (χ0n) is 16.0. The van der Waals surface area contributed by atoms with Crippen LogP contribution in [0, 0.1) is 21.4 Å². The van der Waals surface area contributed by atoms with Gasteiger partial charge in [-0.15, -0.1) is 0 Å². The maximum atomic E-state index is 11.2. The number of aromatic nitrogens is 2. The Kier molecular flexibility index (Phi) is 5.40. The minimum absolute atomic E-state index is 0.0546. The summed E-state index contributed by atoms with van der Waals surface area (Å²) in [5.74, 6) is 0.229. The van der Waals surface area contributed by atoms with Crippen LogP contribution in [-0.2, 0) is 6.42 Å². The molecule has 4 rings (SSSR count). The van der Waals surface area contributed by atoms with Crippen molar-refractivity contribution >= 4 is 28.1 Å². The van der Waals surface area contributed by atoms with Crippen LogP contribution in [0.3, 0.4) is 0 Å². The van der Waals surface area contributed by atoms with Crippen molar-refractivity contribution in [1.82, 2.24) is 14.9 Å². The van der Waals surface area contributed by atoms with Gasteiger partial charge in [-0.1, -0.05) is 0 Å². The number of H-pyrrole nitrogens is 1. The monoisotopic (exact) mass is 390 g/mol. The molecular weight excluding hydrogens is 368 g/mol. The molecule has 0 radical (unpaired) electrons. The lowest BCUT2D eigenvalue weighted by molar-refractivity contribution is -0.384. The fraction of sp³-hybridized carbons (Fsp3) is 0.333. The van der Waals surface area contributed by atoms with Crippen LogP contribution >= 0.6 is 0 Å². The van der Waals surface area contributed by atoms with E-state index in [9.17, 15) is 10.1 Å². The Morgan fingerprint density at radius 3 is 3.14 bits per heavy atom. The number of fused-ring (bicyclic) bond motifs is 1. The first-order chi connectivity index (χ1) is 14.2. The first-order valence-electron chi connectivity index (χ1n) is 9.73. The van der Waals surface area contributed by atoms with Crippen molar-refractivity contribution in [2.24, 2.45) is 0 Å². The maximum Gasteiger partial charge on any atom is 0.311 e. The molecule has 0 amide bonds. The quantitative estimate of drug-likeness (QED) is 0.463. The Hall–Kier alpha value is -3.44. The molecule has 1 saturated heterocycles. The molecule has 0 unspecified atom stereocenters. The molecule has 0 saturated carbocycles. The molecular formula is C21H22N6O2. The summed E-state index contributed by atoms with van der Waals surface area (Å²) in [5.41, 5.74) is 2.95. The van der Waals surface area contributed by atoms with Gasteiger partial charge in [0.05, 0.1) is 11.0 Å². The van der Waals surface area contributed by atoms with E-state index in [0.717, 1.165) is 48.9 Å². The smallest absolute Gasteiger partial charge is 0.311 e. The number of benzene rings is 1. The van der Waals surface area contributed by atoms with E-state index in [1.807, 2.05) is 24.4 Å². The number of rotatable bonds is 7. The van der Waals surface area contributed by atoms with Crippen LogP contribution < -0.4 is 5.32 Å². The predicted octanol–water partition coefficient (Wildman–Crippen LogP) is 4.14. The topological polar surface area (TPSA) is 111 Å². The van der Waals surface area contributed by atoms with Crippen LogP contribution in [0.1, 0.15) is 24.8 Å². The molecule has 1 aromatic carbocycles. The van der Waals surface area contributed by atoms with Crippen LogP contribution in [0.4, 0.5) is 17.2 Å². The molecule has 8 heteroatoms. The van der Waals surface area contributed by atoms with Gasteiger partial charge in [-0.2, -0.15) is 5.26 Å². The fourth-order valence-corrected chi connectivity index (χ4v) is 4.07. The third-order valence-electron chi connectivity index (χ3n) is 5.48. The van der Waals surface area contributed by atoms with E-state index in [2.05, 4.69) is 26.3 Å². The van der Waals surface area contributed by atoms with E-state index >= 15 is 0 Å². The van der Waals surface area contributed by atoms with Crippen molar-refractivity contribution < 1.29 is 4.92 Å². The molecule has 1 atom stereocenters. The average molecular weight is 390 g/mol. The van der Waals surface area contributed by atoms with E-state index in [0.29, 0.717) is 12.5 Å². The summed E-state index contributed by atoms with van der Waals surface area (Å²) >= 11 is 0. The van der Waals surface area contributed by atoms with Crippen LogP contribution in [-0.4, -0.2) is 38.9 Å². The lowest BCUT2D eigenvalue weighted by atomic mass is 10.0. The Morgan fingerprint density at radius 2 is 2.31 bits per heavy atom. The van der Waals surface area contributed by atoms with E-state index < -0.39 is 4.92 Å². The number of nitro groups is 1. The normalized spacial score (nSPS) is 16.7. The second-order valence-electron chi connectivity index (χ2n) is 7.27. The number of nitrogens with zero attached hydrogens (tertiary/aromatic N) is 4. The van der Waals surface area contributed by atoms with Crippen LogP contribution in [0.2, 0.25) is 0 Å². The minimum atomic E-state index is -0.439. The number of hydrogen-bond donors (Lipinski definition) is 2. The van der Waals surface area contributed by atoms with Crippen molar-refractivity contribution in [1.29, 1.82) is 5.26 Å². The minimum Gasteiger partial charge on any atom is -0.361 e. The van der Waals surface area contributed by atoms with Crippen molar-refractivity contribution in [2.75, 3.05) is 18.4 Å². The highest BCUT2D eigenvalue weighted by atomic mass is 16.6. The van der Waals surface area contributed by atoms with Crippen molar-refractivity contribution in [3.05, 3.63) is 58.4 Å². The lowest BCUT2D eigenvalue weighted by Crippen LogP contribution is -2.31. The van der Waals surface area contributed by atoms with Gasteiger partial charge < -0.3 is 10.3 Å².